The number of hydrogen-bond donors (Lipinski definition) is 0. The lowest BCUT2D eigenvalue weighted by Crippen LogP contribution is -2.22. The molecule has 0 bridgehead atoms. The van der Waals surface area contributed by atoms with Crippen molar-refractivity contribution in [3.8, 4) is 0 Å². The van der Waals surface area contributed by atoms with Crippen LogP contribution in [0.25, 0.3) is 10.2 Å². The van der Waals surface area contributed by atoms with Gasteiger partial charge in [-0.1, -0.05) is 24.3 Å². The Morgan fingerprint density at radius 3 is 2.73 bits per heavy atom. The van der Waals surface area contributed by atoms with Crippen LogP contribution in [0.15, 0.2) is 35.5 Å². The zero-order valence-corrected chi connectivity index (χ0v) is 15.7. The number of hydrogen-bond acceptors (Lipinski definition) is 5. The Morgan fingerprint density at radius 2 is 2.08 bits per heavy atom. The molecule has 7 nitrogen and oxygen atoms in total. The molecule has 2 aromatic heterocycles. The average Bonchev–Trinajstić information content (AvgIpc) is 3.26. The summed E-state index contributed by atoms with van der Waals surface area (Å²) in [6, 6.07) is 7.66. The standard InChI is InChI=1S/C18H20N4O3S/c1-4-12-6-7-14-15(10-12)26-18(22(14)11-16(23)25-3)19-17(24)13-8-9-21(5-2)20-13/h6-10H,4-5,11H2,1-3H3. The van der Waals surface area contributed by atoms with Crippen LogP contribution in [0.3, 0.4) is 0 Å². The van der Waals surface area contributed by atoms with E-state index in [1.807, 2.05) is 19.1 Å². The van der Waals surface area contributed by atoms with Gasteiger partial charge < -0.3 is 9.30 Å². The first-order valence-corrected chi connectivity index (χ1v) is 9.19. The monoisotopic (exact) mass is 372 g/mol. The Balaban J connectivity index is 2.11. The van der Waals surface area contributed by atoms with Crippen molar-refractivity contribution < 1.29 is 14.3 Å². The minimum Gasteiger partial charge on any atom is -0.468 e. The molecule has 0 aliphatic rings. The van der Waals surface area contributed by atoms with E-state index < -0.39 is 11.9 Å². The number of thiazole rings is 1. The van der Waals surface area contributed by atoms with Gasteiger partial charge in [0.1, 0.15) is 6.54 Å². The van der Waals surface area contributed by atoms with Crippen LogP contribution in [-0.4, -0.2) is 33.3 Å². The van der Waals surface area contributed by atoms with E-state index in [1.165, 1.54) is 24.0 Å². The number of aryl methyl sites for hydroxylation is 2. The van der Waals surface area contributed by atoms with E-state index in [1.54, 1.807) is 21.5 Å². The number of carbonyl (C=O) groups excluding carboxylic acids is 2. The molecular formula is C18H20N4O3S. The maximum atomic E-state index is 12.5. The zero-order valence-electron chi connectivity index (χ0n) is 14.9. The third-order valence-corrected chi connectivity index (χ3v) is 5.09. The summed E-state index contributed by atoms with van der Waals surface area (Å²) in [6.07, 6.45) is 2.65. The molecular weight excluding hydrogens is 352 g/mol. The van der Waals surface area contributed by atoms with Gasteiger partial charge in [-0.25, -0.2) is 0 Å². The smallest absolute Gasteiger partial charge is 0.325 e. The maximum absolute atomic E-state index is 12.5. The van der Waals surface area contributed by atoms with Crippen LogP contribution in [0.4, 0.5) is 0 Å². The molecule has 3 rings (SSSR count). The average molecular weight is 372 g/mol. The van der Waals surface area contributed by atoms with Crippen molar-refractivity contribution >= 4 is 33.4 Å². The number of carbonyl (C=O) groups is 2. The molecule has 0 saturated carbocycles. The number of ether oxygens (including phenoxy) is 1. The summed E-state index contributed by atoms with van der Waals surface area (Å²) in [4.78, 5) is 29.0. The summed E-state index contributed by atoms with van der Waals surface area (Å²) in [5.74, 6) is -0.827. The molecule has 26 heavy (non-hydrogen) atoms. The van der Waals surface area contributed by atoms with Crippen molar-refractivity contribution in [2.24, 2.45) is 4.99 Å². The van der Waals surface area contributed by atoms with E-state index in [2.05, 4.69) is 23.1 Å². The van der Waals surface area contributed by atoms with Crippen LogP contribution in [-0.2, 0) is 29.0 Å². The first-order valence-electron chi connectivity index (χ1n) is 8.37. The maximum Gasteiger partial charge on any atom is 0.325 e. The number of aromatic nitrogens is 3. The van der Waals surface area contributed by atoms with Gasteiger partial charge in [0.2, 0.25) is 0 Å². The predicted molar refractivity (Wildman–Crippen MR) is 99.0 cm³/mol. The summed E-state index contributed by atoms with van der Waals surface area (Å²) in [6.45, 7) is 4.70. The molecule has 0 atom stereocenters. The van der Waals surface area contributed by atoms with Gasteiger partial charge in [0.15, 0.2) is 10.5 Å². The quantitative estimate of drug-likeness (QED) is 0.644. The summed E-state index contributed by atoms with van der Waals surface area (Å²) in [7, 11) is 1.34. The molecule has 8 heteroatoms. The van der Waals surface area contributed by atoms with Crippen molar-refractivity contribution in [3.05, 3.63) is 46.5 Å². The van der Waals surface area contributed by atoms with E-state index in [4.69, 9.17) is 4.74 Å². The van der Waals surface area contributed by atoms with Crippen LogP contribution >= 0.6 is 11.3 Å². The van der Waals surface area contributed by atoms with E-state index in [9.17, 15) is 9.59 Å². The van der Waals surface area contributed by atoms with Gasteiger partial charge in [-0.2, -0.15) is 10.1 Å². The third-order valence-electron chi connectivity index (χ3n) is 4.05. The molecule has 0 aliphatic carbocycles. The second-order valence-electron chi connectivity index (χ2n) is 5.68. The molecule has 0 aliphatic heterocycles. The van der Waals surface area contributed by atoms with Crippen LogP contribution in [0.2, 0.25) is 0 Å². The molecule has 0 saturated heterocycles. The fourth-order valence-corrected chi connectivity index (χ4v) is 3.66. The lowest BCUT2D eigenvalue weighted by molar-refractivity contribution is -0.141. The SMILES string of the molecule is CCc1ccc2c(c1)sc(=NC(=O)c1ccn(CC)n1)n2CC(=O)OC. The molecule has 0 fully saturated rings. The second-order valence-corrected chi connectivity index (χ2v) is 6.69. The highest BCUT2D eigenvalue weighted by molar-refractivity contribution is 7.16. The van der Waals surface area contributed by atoms with Crippen molar-refractivity contribution in [2.75, 3.05) is 7.11 Å². The molecule has 1 amide bonds. The largest absolute Gasteiger partial charge is 0.468 e. The molecule has 0 unspecified atom stereocenters. The van der Waals surface area contributed by atoms with Crippen LogP contribution in [0.1, 0.15) is 29.9 Å². The minimum atomic E-state index is -0.432. The Morgan fingerprint density at radius 1 is 1.27 bits per heavy atom. The van der Waals surface area contributed by atoms with Gasteiger partial charge in [0.05, 0.1) is 17.3 Å². The van der Waals surface area contributed by atoms with Gasteiger partial charge in [0, 0.05) is 12.7 Å². The fraction of sp³-hybridized carbons (Fsp3) is 0.333. The highest BCUT2D eigenvalue weighted by Gasteiger charge is 2.14. The Hall–Kier alpha value is -2.74. The van der Waals surface area contributed by atoms with E-state index in [-0.39, 0.29) is 12.2 Å². The van der Waals surface area contributed by atoms with Crippen LogP contribution in [0, 0.1) is 0 Å². The molecule has 0 N–H and O–H groups in total. The number of benzene rings is 1. The van der Waals surface area contributed by atoms with Gasteiger partial charge in [-0.05, 0) is 37.1 Å². The van der Waals surface area contributed by atoms with Crippen molar-refractivity contribution in [3.63, 3.8) is 0 Å². The number of methoxy groups -OCH3 is 1. The van der Waals surface area contributed by atoms with Crippen molar-refractivity contribution in [2.45, 2.75) is 33.4 Å². The topological polar surface area (TPSA) is 78.5 Å². The van der Waals surface area contributed by atoms with E-state index in [0.29, 0.717) is 11.3 Å². The zero-order chi connectivity index (χ0) is 18.7. The van der Waals surface area contributed by atoms with E-state index in [0.717, 1.165) is 16.6 Å². The van der Waals surface area contributed by atoms with Crippen LogP contribution < -0.4 is 4.80 Å². The Bertz CT molecular complexity index is 1030. The minimum absolute atomic E-state index is 0.00249. The molecule has 0 spiro atoms. The number of rotatable bonds is 5. The first-order chi connectivity index (χ1) is 12.5. The highest BCUT2D eigenvalue weighted by Crippen LogP contribution is 2.20. The Labute approximate surface area is 154 Å². The predicted octanol–water partition coefficient (Wildman–Crippen LogP) is 2.40. The molecule has 2 heterocycles. The molecule has 0 radical (unpaired) electrons. The number of esters is 1. The molecule has 1 aromatic carbocycles. The van der Waals surface area contributed by atoms with Crippen LogP contribution in [0.5, 0.6) is 0 Å². The Kier molecular flexibility index (Phi) is 5.32. The van der Waals surface area contributed by atoms with Gasteiger partial charge in [-0.3, -0.25) is 14.3 Å². The summed E-state index contributed by atoms with van der Waals surface area (Å²) < 4.78 is 9.13. The van der Waals surface area contributed by atoms with Crippen molar-refractivity contribution in [1.82, 2.24) is 14.3 Å². The first kappa shape index (κ1) is 18.1. The summed E-state index contributed by atoms with van der Waals surface area (Å²) in [5.41, 5.74) is 2.31. The number of fused-ring (bicyclic) bond motifs is 1. The van der Waals surface area contributed by atoms with Gasteiger partial charge in [0.25, 0.3) is 5.91 Å². The summed E-state index contributed by atoms with van der Waals surface area (Å²) >= 11 is 1.37. The number of amides is 1. The summed E-state index contributed by atoms with van der Waals surface area (Å²) in [5, 5.41) is 4.19. The lowest BCUT2D eigenvalue weighted by Gasteiger charge is -2.04. The molecule has 3 aromatic rings. The molecule has 136 valence electrons. The second kappa shape index (κ2) is 7.65. The lowest BCUT2D eigenvalue weighted by atomic mass is 10.2. The highest BCUT2D eigenvalue weighted by atomic mass is 32.1. The third kappa shape index (κ3) is 3.60. The number of nitrogens with zero attached hydrogens (tertiary/aromatic N) is 4. The normalized spacial score (nSPS) is 11.9. The van der Waals surface area contributed by atoms with Gasteiger partial charge >= 0.3 is 5.97 Å². The fourth-order valence-electron chi connectivity index (χ4n) is 2.57. The van der Waals surface area contributed by atoms with Gasteiger partial charge in [-0.15, -0.1) is 0 Å². The van der Waals surface area contributed by atoms with E-state index >= 15 is 0 Å². The van der Waals surface area contributed by atoms with Crippen molar-refractivity contribution in [1.29, 1.82) is 0 Å².